The minimum absolute atomic E-state index is 0.0342. The van der Waals surface area contributed by atoms with Crippen molar-refractivity contribution in [3.63, 3.8) is 0 Å². The first-order valence-electron chi connectivity index (χ1n) is 9.27. The van der Waals surface area contributed by atoms with Crippen molar-refractivity contribution >= 4 is 27.7 Å². The van der Waals surface area contributed by atoms with E-state index >= 15 is 0 Å². The lowest BCUT2D eigenvalue weighted by Gasteiger charge is -2.32. The molecule has 7 heteroatoms. The van der Waals surface area contributed by atoms with Gasteiger partial charge in [0.05, 0.1) is 6.26 Å². The quantitative estimate of drug-likeness (QED) is 0.788. The molecule has 144 valence electrons. The van der Waals surface area contributed by atoms with E-state index in [-0.39, 0.29) is 11.8 Å². The van der Waals surface area contributed by atoms with E-state index in [0.29, 0.717) is 31.2 Å². The van der Waals surface area contributed by atoms with Crippen LogP contribution >= 0.6 is 11.8 Å². The highest BCUT2D eigenvalue weighted by Crippen LogP contribution is 2.36. The van der Waals surface area contributed by atoms with Gasteiger partial charge in [-0.15, -0.1) is 0 Å². The summed E-state index contributed by atoms with van der Waals surface area (Å²) in [5.41, 5.74) is 2.70. The summed E-state index contributed by atoms with van der Waals surface area (Å²) >= 11 is 1.94. The van der Waals surface area contributed by atoms with Crippen molar-refractivity contribution in [2.75, 3.05) is 38.2 Å². The van der Waals surface area contributed by atoms with Crippen molar-refractivity contribution in [2.24, 2.45) is 5.92 Å². The summed E-state index contributed by atoms with van der Waals surface area (Å²) in [7, 11) is -3.14. The molecule has 1 amide bonds. The first-order chi connectivity index (χ1) is 12.4. The lowest BCUT2D eigenvalue weighted by atomic mass is 9.96. The van der Waals surface area contributed by atoms with E-state index in [1.165, 1.54) is 21.7 Å². The summed E-state index contributed by atoms with van der Waals surface area (Å²) < 4.78 is 24.8. The Bertz CT molecular complexity index is 743. The molecule has 0 unspecified atom stereocenters. The van der Waals surface area contributed by atoms with Crippen LogP contribution in [0.3, 0.4) is 0 Å². The number of aryl methyl sites for hydroxylation is 1. The Balaban J connectivity index is 1.58. The second kappa shape index (κ2) is 8.31. The molecule has 1 aromatic carbocycles. The number of hydrogen-bond donors (Lipinski definition) is 0. The Kier molecular flexibility index (Phi) is 6.30. The average molecular weight is 397 g/mol. The SMILES string of the molecule is Cc1ccccc1[C@@H]1CCN(C(=O)C2CCN(S(C)(=O)=O)CC2)CCS1. The predicted molar refractivity (Wildman–Crippen MR) is 107 cm³/mol. The molecule has 3 rings (SSSR count). The maximum atomic E-state index is 12.9. The summed E-state index contributed by atoms with van der Waals surface area (Å²) in [6.45, 7) is 4.65. The third-order valence-electron chi connectivity index (χ3n) is 5.46. The second-order valence-corrected chi connectivity index (χ2v) is 10.6. The lowest BCUT2D eigenvalue weighted by Crippen LogP contribution is -2.44. The van der Waals surface area contributed by atoms with E-state index in [1.54, 1.807) is 0 Å². The number of amides is 1. The molecule has 1 aromatic rings. The van der Waals surface area contributed by atoms with Gasteiger partial charge in [-0.2, -0.15) is 11.8 Å². The third kappa shape index (κ3) is 4.61. The fourth-order valence-corrected chi connectivity index (χ4v) is 6.08. The smallest absolute Gasteiger partial charge is 0.225 e. The summed E-state index contributed by atoms with van der Waals surface area (Å²) in [4.78, 5) is 14.9. The first kappa shape index (κ1) is 19.7. The number of rotatable bonds is 3. The summed E-state index contributed by atoms with van der Waals surface area (Å²) in [6.07, 6.45) is 3.49. The van der Waals surface area contributed by atoms with Crippen molar-refractivity contribution in [3.05, 3.63) is 35.4 Å². The molecule has 2 heterocycles. The molecule has 2 aliphatic heterocycles. The molecule has 2 aliphatic rings. The van der Waals surface area contributed by atoms with Crippen LogP contribution in [0.15, 0.2) is 24.3 Å². The molecule has 0 N–H and O–H groups in total. The third-order valence-corrected chi connectivity index (χ3v) is 8.07. The van der Waals surface area contributed by atoms with Crippen LogP contribution in [0, 0.1) is 12.8 Å². The Hall–Kier alpha value is -1.05. The molecule has 26 heavy (non-hydrogen) atoms. The van der Waals surface area contributed by atoms with E-state index in [1.807, 2.05) is 16.7 Å². The first-order valence-corrected chi connectivity index (χ1v) is 12.2. The van der Waals surface area contributed by atoms with Crippen LogP contribution < -0.4 is 0 Å². The highest BCUT2D eigenvalue weighted by molar-refractivity contribution is 7.99. The molecule has 0 aromatic heterocycles. The number of piperidine rings is 1. The van der Waals surface area contributed by atoms with Gasteiger partial charge < -0.3 is 4.90 Å². The summed E-state index contributed by atoms with van der Waals surface area (Å²) in [6, 6.07) is 8.51. The number of benzene rings is 1. The van der Waals surface area contributed by atoms with Crippen LogP contribution in [-0.4, -0.2) is 61.7 Å². The molecular weight excluding hydrogens is 368 g/mol. The van der Waals surface area contributed by atoms with Gasteiger partial charge in [-0.3, -0.25) is 4.79 Å². The van der Waals surface area contributed by atoms with Gasteiger partial charge in [0.25, 0.3) is 0 Å². The standard InChI is InChI=1S/C19H28N2O3S2/c1-15-5-3-4-6-17(15)18-9-10-20(13-14-25-18)19(22)16-7-11-21(12-8-16)26(2,23)24/h3-6,16,18H,7-14H2,1-2H3/t18-/m0/s1. The highest BCUT2D eigenvalue weighted by Gasteiger charge is 2.32. The van der Waals surface area contributed by atoms with Crippen LogP contribution in [0.1, 0.15) is 35.6 Å². The van der Waals surface area contributed by atoms with Gasteiger partial charge in [0, 0.05) is 43.1 Å². The zero-order valence-corrected chi connectivity index (χ0v) is 17.2. The maximum Gasteiger partial charge on any atom is 0.225 e. The van der Waals surface area contributed by atoms with Crippen molar-refractivity contribution in [3.8, 4) is 0 Å². The number of nitrogens with zero attached hydrogens (tertiary/aromatic N) is 2. The number of thioether (sulfide) groups is 1. The lowest BCUT2D eigenvalue weighted by molar-refractivity contribution is -0.136. The minimum Gasteiger partial charge on any atom is -0.342 e. The summed E-state index contributed by atoms with van der Waals surface area (Å²) in [5, 5.41) is 0.445. The second-order valence-electron chi connectivity index (χ2n) is 7.27. The largest absolute Gasteiger partial charge is 0.342 e. The maximum absolute atomic E-state index is 12.9. The van der Waals surface area contributed by atoms with Crippen LogP contribution in [0.2, 0.25) is 0 Å². The van der Waals surface area contributed by atoms with Crippen molar-refractivity contribution in [1.82, 2.24) is 9.21 Å². The monoisotopic (exact) mass is 396 g/mol. The number of carbonyl (C=O) groups excluding carboxylic acids is 1. The van der Waals surface area contributed by atoms with E-state index < -0.39 is 10.0 Å². The number of hydrogen-bond acceptors (Lipinski definition) is 4. The Morgan fingerprint density at radius 2 is 1.77 bits per heavy atom. The fourth-order valence-electron chi connectivity index (χ4n) is 3.88. The predicted octanol–water partition coefficient (Wildman–Crippen LogP) is 2.67. The van der Waals surface area contributed by atoms with Gasteiger partial charge in [-0.25, -0.2) is 12.7 Å². The molecular formula is C19H28N2O3S2. The fraction of sp³-hybridized carbons (Fsp3) is 0.632. The van der Waals surface area contributed by atoms with Gasteiger partial charge in [0.2, 0.25) is 15.9 Å². The molecule has 2 saturated heterocycles. The zero-order valence-electron chi connectivity index (χ0n) is 15.6. The van der Waals surface area contributed by atoms with Crippen molar-refractivity contribution in [2.45, 2.75) is 31.4 Å². The van der Waals surface area contributed by atoms with Crippen molar-refractivity contribution < 1.29 is 13.2 Å². The normalized spacial score (nSPS) is 23.6. The Morgan fingerprint density at radius 1 is 1.08 bits per heavy atom. The molecule has 0 spiro atoms. The summed E-state index contributed by atoms with van der Waals surface area (Å²) in [5.74, 6) is 1.13. The van der Waals surface area contributed by atoms with E-state index in [9.17, 15) is 13.2 Å². The minimum atomic E-state index is -3.14. The number of carbonyl (C=O) groups is 1. The van der Waals surface area contributed by atoms with Gasteiger partial charge in [-0.05, 0) is 37.3 Å². The Labute approximate surface area is 161 Å². The molecule has 2 fully saturated rings. The van der Waals surface area contributed by atoms with E-state index in [4.69, 9.17) is 0 Å². The van der Waals surface area contributed by atoms with E-state index in [2.05, 4.69) is 31.2 Å². The van der Waals surface area contributed by atoms with Crippen molar-refractivity contribution in [1.29, 1.82) is 0 Å². The van der Waals surface area contributed by atoms with Crippen LogP contribution in [0.5, 0.6) is 0 Å². The van der Waals surface area contributed by atoms with Gasteiger partial charge in [-0.1, -0.05) is 24.3 Å². The molecule has 5 nitrogen and oxygen atoms in total. The van der Waals surface area contributed by atoms with Gasteiger partial charge in [0.1, 0.15) is 0 Å². The average Bonchev–Trinajstić information content (AvgIpc) is 2.87. The zero-order chi connectivity index (χ0) is 18.7. The highest BCUT2D eigenvalue weighted by atomic mass is 32.2. The van der Waals surface area contributed by atoms with Crippen LogP contribution in [-0.2, 0) is 14.8 Å². The molecule has 1 atom stereocenters. The molecule has 0 radical (unpaired) electrons. The topological polar surface area (TPSA) is 57.7 Å². The number of sulfonamides is 1. The van der Waals surface area contributed by atoms with Gasteiger partial charge in [0.15, 0.2) is 0 Å². The van der Waals surface area contributed by atoms with E-state index in [0.717, 1.165) is 25.3 Å². The van der Waals surface area contributed by atoms with Gasteiger partial charge >= 0.3 is 0 Å². The Morgan fingerprint density at radius 3 is 2.42 bits per heavy atom. The molecule has 0 saturated carbocycles. The van der Waals surface area contributed by atoms with Crippen LogP contribution in [0.25, 0.3) is 0 Å². The molecule has 0 aliphatic carbocycles. The van der Waals surface area contributed by atoms with Crippen LogP contribution in [0.4, 0.5) is 0 Å². The molecule has 0 bridgehead atoms.